The third kappa shape index (κ3) is 5.94. The molecule has 0 saturated heterocycles. The second kappa shape index (κ2) is 9.35. The molecule has 0 radical (unpaired) electrons. The van der Waals surface area contributed by atoms with Crippen molar-refractivity contribution in [3.8, 4) is 5.75 Å². The summed E-state index contributed by atoms with van der Waals surface area (Å²) in [5.74, 6) is 1.18. The van der Waals surface area contributed by atoms with E-state index in [1.807, 2.05) is 38.1 Å². The molecule has 0 spiro atoms. The standard InChI is InChI=1S/C21H28N4O2/c1-15(2)27-19-11-9-18(10-12-19)25-21-22-13-16(14-23-21)20(26)24-17-7-5-3-4-6-8-17/h9-15,17H,3-8H2,1-2H3,(H,24,26)(H,22,23,25). The Balaban J connectivity index is 1.55. The Bertz CT molecular complexity index is 721. The van der Waals surface area contributed by atoms with Gasteiger partial charge in [-0.25, -0.2) is 9.97 Å². The van der Waals surface area contributed by atoms with E-state index in [1.54, 1.807) is 12.4 Å². The molecule has 0 aliphatic heterocycles. The Hall–Kier alpha value is -2.63. The minimum atomic E-state index is -0.0939. The summed E-state index contributed by atoms with van der Waals surface area (Å²) >= 11 is 0. The first-order valence-corrected chi connectivity index (χ1v) is 9.77. The van der Waals surface area contributed by atoms with Crippen LogP contribution in [0.25, 0.3) is 0 Å². The molecule has 27 heavy (non-hydrogen) atoms. The molecule has 0 atom stereocenters. The normalized spacial score (nSPS) is 15.2. The Morgan fingerprint density at radius 2 is 1.67 bits per heavy atom. The number of hydrogen-bond acceptors (Lipinski definition) is 5. The van der Waals surface area contributed by atoms with E-state index in [9.17, 15) is 4.79 Å². The van der Waals surface area contributed by atoms with Gasteiger partial charge in [0, 0.05) is 24.1 Å². The van der Waals surface area contributed by atoms with Crippen LogP contribution in [-0.4, -0.2) is 28.0 Å². The second-order valence-electron chi connectivity index (χ2n) is 7.27. The van der Waals surface area contributed by atoms with Gasteiger partial charge in [-0.15, -0.1) is 0 Å². The number of hydrogen-bond donors (Lipinski definition) is 2. The largest absolute Gasteiger partial charge is 0.491 e. The van der Waals surface area contributed by atoms with Gasteiger partial charge in [0.05, 0.1) is 11.7 Å². The molecular formula is C21H28N4O2. The van der Waals surface area contributed by atoms with Gasteiger partial charge >= 0.3 is 0 Å². The fraction of sp³-hybridized carbons (Fsp3) is 0.476. The van der Waals surface area contributed by atoms with Crippen LogP contribution in [0.2, 0.25) is 0 Å². The molecule has 6 heteroatoms. The van der Waals surface area contributed by atoms with E-state index < -0.39 is 0 Å². The fourth-order valence-corrected chi connectivity index (χ4v) is 3.22. The molecule has 1 aliphatic carbocycles. The zero-order valence-electron chi connectivity index (χ0n) is 16.1. The van der Waals surface area contributed by atoms with Crippen LogP contribution < -0.4 is 15.4 Å². The molecule has 0 unspecified atom stereocenters. The maximum Gasteiger partial charge on any atom is 0.254 e. The van der Waals surface area contributed by atoms with Crippen molar-refractivity contribution in [2.75, 3.05) is 5.32 Å². The number of amides is 1. The van der Waals surface area contributed by atoms with Gasteiger partial charge < -0.3 is 15.4 Å². The number of anilines is 2. The van der Waals surface area contributed by atoms with Crippen molar-refractivity contribution in [2.45, 2.75) is 64.5 Å². The van der Waals surface area contributed by atoms with Crippen LogP contribution in [0.15, 0.2) is 36.7 Å². The first-order valence-electron chi connectivity index (χ1n) is 9.77. The highest BCUT2D eigenvalue weighted by molar-refractivity contribution is 5.93. The molecule has 6 nitrogen and oxygen atoms in total. The van der Waals surface area contributed by atoms with Crippen molar-refractivity contribution < 1.29 is 9.53 Å². The predicted molar refractivity (Wildman–Crippen MR) is 106 cm³/mol. The van der Waals surface area contributed by atoms with Crippen molar-refractivity contribution >= 4 is 17.5 Å². The number of carbonyl (C=O) groups is 1. The van der Waals surface area contributed by atoms with Crippen LogP contribution in [0.3, 0.4) is 0 Å². The third-order valence-electron chi connectivity index (χ3n) is 4.59. The zero-order chi connectivity index (χ0) is 19.1. The Morgan fingerprint density at radius 1 is 1.04 bits per heavy atom. The molecular weight excluding hydrogens is 340 g/mol. The van der Waals surface area contributed by atoms with E-state index in [2.05, 4.69) is 20.6 Å². The summed E-state index contributed by atoms with van der Waals surface area (Å²) in [6, 6.07) is 7.89. The predicted octanol–water partition coefficient (Wildman–Crippen LogP) is 4.46. The number of ether oxygens (including phenoxy) is 1. The molecule has 1 amide bonds. The third-order valence-corrected chi connectivity index (χ3v) is 4.59. The molecule has 1 saturated carbocycles. The number of aromatic nitrogens is 2. The SMILES string of the molecule is CC(C)Oc1ccc(Nc2ncc(C(=O)NC3CCCCCC3)cn2)cc1. The Morgan fingerprint density at radius 3 is 2.26 bits per heavy atom. The lowest BCUT2D eigenvalue weighted by Gasteiger charge is -2.16. The van der Waals surface area contributed by atoms with Gasteiger partial charge in [-0.2, -0.15) is 0 Å². The van der Waals surface area contributed by atoms with Crippen LogP contribution in [0.5, 0.6) is 5.75 Å². The minimum Gasteiger partial charge on any atom is -0.491 e. The van der Waals surface area contributed by atoms with Crippen LogP contribution in [0.1, 0.15) is 62.7 Å². The lowest BCUT2D eigenvalue weighted by molar-refractivity contribution is 0.0932. The molecule has 0 bridgehead atoms. The highest BCUT2D eigenvalue weighted by Crippen LogP contribution is 2.20. The summed E-state index contributed by atoms with van der Waals surface area (Å²) in [6.45, 7) is 3.99. The van der Waals surface area contributed by atoms with E-state index in [-0.39, 0.29) is 18.1 Å². The molecule has 2 N–H and O–H groups in total. The number of nitrogens with one attached hydrogen (secondary N) is 2. The summed E-state index contributed by atoms with van der Waals surface area (Å²) in [6.07, 6.45) is 10.3. The maximum absolute atomic E-state index is 12.4. The zero-order valence-corrected chi connectivity index (χ0v) is 16.1. The highest BCUT2D eigenvalue weighted by Gasteiger charge is 2.16. The number of nitrogens with zero attached hydrogens (tertiary/aromatic N) is 2. The second-order valence-corrected chi connectivity index (χ2v) is 7.27. The summed E-state index contributed by atoms with van der Waals surface area (Å²) in [5.41, 5.74) is 1.35. The molecule has 1 aliphatic rings. The van der Waals surface area contributed by atoms with Crippen molar-refractivity contribution in [2.24, 2.45) is 0 Å². The Kier molecular flexibility index (Phi) is 6.63. The van der Waals surface area contributed by atoms with Crippen LogP contribution in [0, 0.1) is 0 Å². The summed E-state index contributed by atoms with van der Waals surface area (Å²) in [5, 5.41) is 6.24. The highest BCUT2D eigenvalue weighted by atomic mass is 16.5. The smallest absolute Gasteiger partial charge is 0.254 e. The molecule has 1 aromatic heterocycles. The number of carbonyl (C=O) groups excluding carboxylic acids is 1. The van der Waals surface area contributed by atoms with Crippen molar-refractivity contribution in [3.63, 3.8) is 0 Å². The topological polar surface area (TPSA) is 76.1 Å². The first kappa shape index (κ1) is 19.1. The fourth-order valence-electron chi connectivity index (χ4n) is 3.22. The van der Waals surface area contributed by atoms with Gasteiger partial charge in [0.25, 0.3) is 5.91 Å². The van der Waals surface area contributed by atoms with Gasteiger partial charge in [0.15, 0.2) is 0 Å². The first-order chi connectivity index (χ1) is 13.1. The van der Waals surface area contributed by atoms with Crippen LogP contribution in [-0.2, 0) is 0 Å². The lowest BCUT2D eigenvalue weighted by atomic mass is 10.1. The quantitative estimate of drug-likeness (QED) is 0.736. The average Bonchev–Trinajstić information content (AvgIpc) is 2.92. The number of rotatable bonds is 6. The molecule has 2 aromatic rings. The van der Waals surface area contributed by atoms with Crippen molar-refractivity contribution in [1.29, 1.82) is 0 Å². The summed E-state index contributed by atoms with van der Waals surface area (Å²) in [4.78, 5) is 20.9. The lowest BCUT2D eigenvalue weighted by Crippen LogP contribution is -2.34. The Labute approximate surface area is 160 Å². The summed E-state index contributed by atoms with van der Waals surface area (Å²) < 4.78 is 5.63. The molecule has 1 heterocycles. The minimum absolute atomic E-state index is 0.0939. The van der Waals surface area contributed by atoms with Gasteiger partial charge in [0.2, 0.25) is 5.95 Å². The monoisotopic (exact) mass is 368 g/mol. The van der Waals surface area contributed by atoms with Gasteiger partial charge in [0.1, 0.15) is 5.75 Å². The maximum atomic E-state index is 12.4. The van der Waals surface area contributed by atoms with Gasteiger partial charge in [-0.05, 0) is 51.0 Å². The molecule has 3 rings (SSSR count). The van der Waals surface area contributed by atoms with Gasteiger partial charge in [-0.3, -0.25) is 4.79 Å². The van der Waals surface area contributed by atoms with Crippen molar-refractivity contribution in [3.05, 3.63) is 42.2 Å². The van der Waals surface area contributed by atoms with Crippen LogP contribution in [0.4, 0.5) is 11.6 Å². The van der Waals surface area contributed by atoms with E-state index in [0.29, 0.717) is 11.5 Å². The van der Waals surface area contributed by atoms with E-state index in [0.717, 1.165) is 24.3 Å². The van der Waals surface area contributed by atoms with Gasteiger partial charge in [-0.1, -0.05) is 25.7 Å². The van der Waals surface area contributed by atoms with E-state index in [4.69, 9.17) is 4.74 Å². The van der Waals surface area contributed by atoms with Crippen LogP contribution >= 0.6 is 0 Å². The van der Waals surface area contributed by atoms with E-state index in [1.165, 1.54) is 25.7 Å². The van der Waals surface area contributed by atoms with E-state index >= 15 is 0 Å². The molecule has 144 valence electrons. The molecule has 1 fully saturated rings. The molecule has 1 aromatic carbocycles. The number of benzene rings is 1. The summed E-state index contributed by atoms with van der Waals surface area (Å²) in [7, 11) is 0. The van der Waals surface area contributed by atoms with Crippen molar-refractivity contribution in [1.82, 2.24) is 15.3 Å². The average molecular weight is 368 g/mol.